The van der Waals surface area contributed by atoms with Crippen LogP contribution in [0, 0.1) is 0 Å². The van der Waals surface area contributed by atoms with E-state index in [2.05, 4.69) is 9.98 Å². The van der Waals surface area contributed by atoms with E-state index in [1.54, 1.807) is 41.2 Å². The lowest BCUT2D eigenvalue weighted by molar-refractivity contribution is -0.119. The molecule has 218 valence electrons. The van der Waals surface area contributed by atoms with Gasteiger partial charge in [-0.05, 0) is 91.7 Å². The van der Waals surface area contributed by atoms with E-state index in [0.717, 1.165) is 40.5 Å². The highest BCUT2D eigenvalue weighted by atomic mass is 32.2. The lowest BCUT2D eigenvalue weighted by atomic mass is 9.97. The van der Waals surface area contributed by atoms with Gasteiger partial charge in [-0.15, -0.1) is 11.3 Å². The van der Waals surface area contributed by atoms with Gasteiger partial charge in [-0.2, -0.15) is 0 Å². The first-order valence-corrected chi connectivity index (χ1v) is 15.6. The monoisotopic (exact) mass is 611 g/mol. The minimum atomic E-state index is -0.381. The van der Waals surface area contributed by atoms with Crippen LogP contribution in [0.4, 0.5) is 17.1 Å². The molecule has 3 heterocycles. The minimum Gasteiger partial charge on any atom is -0.497 e. The molecule has 2 aliphatic heterocycles. The number of amides is 2. The van der Waals surface area contributed by atoms with Gasteiger partial charge < -0.3 is 20.3 Å². The first-order valence-electron chi connectivity index (χ1n) is 13.9. The van der Waals surface area contributed by atoms with E-state index in [-0.39, 0.29) is 28.3 Å². The number of para-hydroxylation sites is 1. The van der Waals surface area contributed by atoms with Crippen molar-refractivity contribution < 1.29 is 19.1 Å². The Bertz CT molecular complexity index is 1730. The molecule has 0 radical (unpaired) electrons. The largest absolute Gasteiger partial charge is 0.497 e. The Morgan fingerprint density at radius 3 is 2.35 bits per heavy atom. The van der Waals surface area contributed by atoms with Gasteiger partial charge in [-0.25, -0.2) is 9.98 Å². The Morgan fingerprint density at radius 1 is 0.930 bits per heavy atom. The van der Waals surface area contributed by atoms with E-state index >= 15 is 0 Å². The molecule has 0 saturated carbocycles. The fourth-order valence-corrected chi connectivity index (χ4v) is 7.05. The molecular weight excluding hydrogens is 583 g/mol. The smallest absolute Gasteiger partial charge is 0.277 e. The van der Waals surface area contributed by atoms with Crippen LogP contribution in [0.25, 0.3) is 10.2 Å². The van der Waals surface area contributed by atoms with E-state index < -0.39 is 0 Å². The predicted octanol–water partition coefficient (Wildman–Crippen LogP) is 5.86. The highest BCUT2D eigenvalue weighted by molar-refractivity contribution is 8.15. The van der Waals surface area contributed by atoms with E-state index in [4.69, 9.17) is 10.5 Å². The van der Waals surface area contributed by atoms with Gasteiger partial charge in [0.25, 0.3) is 5.91 Å². The Balaban J connectivity index is 1.31. The molecule has 43 heavy (non-hydrogen) atoms. The van der Waals surface area contributed by atoms with E-state index in [1.165, 1.54) is 11.3 Å². The maximum atomic E-state index is 14.0. The molecule has 0 bridgehead atoms. The van der Waals surface area contributed by atoms with Crippen molar-refractivity contribution >= 4 is 73.0 Å². The number of piperidine rings is 2. The summed E-state index contributed by atoms with van der Waals surface area (Å²) >= 11 is 2.37. The van der Waals surface area contributed by atoms with Crippen LogP contribution in [-0.2, 0) is 14.4 Å². The third-order valence-corrected chi connectivity index (χ3v) is 9.43. The summed E-state index contributed by atoms with van der Waals surface area (Å²) in [5, 5.41) is -0.381. The standard InChI is InChI=1S/C32H29N5O4S2/c1-41-23-15-9-20(10-16-23)34-29-24(28(33)31(40)43-32-35-25-6-2-3-7-26(25)42-32)17-19-37(30(29)39)22-13-11-21(12-14-22)36-18-5-4-8-27(36)38/h2-3,6-7,9-16H,4-5,8,17-19,33H2,1H3. The van der Waals surface area contributed by atoms with E-state index in [1.807, 2.05) is 48.5 Å². The summed E-state index contributed by atoms with van der Waals surface area (Å²) in [6.07, 6.45) is 2.76. The second-order valence-corrected chi connectivity index (χ2v) is 12.4. The number of benzene rings is 3. The number of hydrogen-bond acceptors (Lipinski definition) is 9. The quantitative estimate of drug-likeness (QED) is 0.214. The zero-order valence-corrected chi connectivity index (χ0v) is 25.1. The molecule has 6 rings (SSSR count). The summed E-state index contributed by atoms with van der Waals surface area (Å²) in [6.45, 7) is 1.01. The molecular formula is C32H29N5O4S2. The highest BCUT2D eigenvalue weighted by Crippen LogP contribution is 2.33. The van der Waals surface area contributed by atoms with Gasteiger partial charge in [0, 0.05) is 36.5 Å². The van der Waals surface area contributed by atoms with Crippen LogP contribution in [0.5, 0.6) is 5.75 Å². The third kappa shape index (κ3) is 6.04. The molecule has 2 saturated heterocycles. The van der Waals surface area contributed by atoms with E-state index in [0.29, 0.717) is 53.0 Å². The molecule has 4 aromatic rings. The zero-order valence-electron chi connectivity index (χ0n) is 23.5. The van der Waals surface area contributed by atoms with Crippen molar-refractivity contribution in [2.24, 2.45) is 10.7 Å². The van der Waals surface area contributed by atoms with Crippen LogP contribution in [0.2, 0.25) is 0 Å². The molecule has 0 aliphatic carbocycles. The minimum absolute atomic E-state index is 0.0107. The molecule has 2 aliphatic rings. The van der Waals surface area contributed by atoms with Crippen molar-refractivity contribution in [1.82, 2.24) is 4.98 Å². The number of fused-ring (bicyclic) bond motifs is 1. The Labute approximate surface area is 257 Å². The maximum Gasteiger partial charge on any atom is 0.277 e. The van der Waals surface area contributed by atoms with Crippen LogP contribution in [-0.4, -0.2) is 47.8 Å². The van der Waals surface area contributed by atoms with Crippen molar-refractivity contribution in [2.45, 2.75) is 30.0 Å². The van der Waals surface area contributed by atoms with Crippen molar-refractivity contribution in [2.75, 3.05) is 30.0 Å². The van der Waals surface area contributed by atoms with Crippen LogP contribution >= 0.6 is 23.1 Å². The zero-order chi connectivity index (χ0) is 29.9. The van der Waals surface area contributed by atoms with Crippen molar-refractivity contribution in [3.8, 4) is 5.75 Å². The number of carbonyl (C=O) groups is 3. The topological polar surface area (TPSA) is 118 Å². The molecule has 0 spiro atoms. The van der Waals surface area contributed by atoms with Crippen molar-refractivity contribution in [3.63, 3.8) is 0 Å². The van der Waals surface area contributed by atoms with Gasteiger partial charge in [0.2, 0.25) is 11.0 Å². The highest BCUT2D eigenvalue weighted by Gasteiger charge is 2.33. The average Bonchev–Trinajstić information content (AvgIpc) is 3.45. The Kier molecular flexibility index (Phi) is 8.26. The second-order valence-electron chi connectivity index (χ2n) is 10.1. The first-order chi connectivity index (χ1) is 20.9. The number of carbonyl (C=O) groups excluding carboxylic acids is 3. The molecule has 0 unspecified atom stereocenters. The number of nitrogens with two attached hydrogens (primary N) is 1. The number of aromatic nitrogens is 1. The summed E-state index contributed by atoms with van der Waals surface area (Å²) in [4.78, 5) is 52.4. The van der Waals surface area contributed by atoms with Crippen LogP contribution in [0.1, 0.15) is 25.7 Å². The van der Waals surface area contributed by atoms with Crippen LogP contribution in [0.3, 0.4) is 0 Å². The second kappa shape index (κ2) is 12.4. The van der Waals surface area contributed by atoms with E-state index in [9.17, 15) is 14.4 Å². The van der Waals surface area contributed by atoms with Crippen LogP contribution in [0.15, 0.2) is 93.4 Å². The number of aliphatic imine (C=N–C) groups is 1. The molecule has 11 heteroatoms. The maximum absolute atomic E-state index is 14.0. The van der Waals surface area contributed by atoms with Gasteiger partial charge >= 0.3 is 0 Å². The van der Waals surface area contributed by atoms with Gasteiger partial charge in [0.05, 0.1) is 28.7 Å². The number of ether oxygens (including phenoxy) is 1. The molecule has 3 aromatic carbocycles. The summed E-state index contributed by atoms with van der Waals surface area (Å²) in [5.74, 6) is 0.408. The molecule has 2 fully saturated rings. The predicted molar refractivity (Wildman–Crippen MR) is 171 cm³/mol. The number of thioether (sulfide) groups is 1. The summed E-state index contributed by atoms with van der Waals surface area (Å²) in [6, 6.07) is 22.1. The van der Waals surface area contributed by atoms with Crippen LogP contribution < -0.4 is 20.3 Å². The summed E-state index contributed by atoms with van der Waals surface area (Å²) < 4.78 is 6.81. The summed E-state index contributed by atoms with van der Waals surface area (Å²) in [5.41, 5.74) is 9.80. The first kappa shape index (κ1) is 28.6. The molecule has 2 N–H and O–H groups in total. The van der Waals surface area contributed by atoms with Crippen molar-refractivity contribution in [3.05, 3.63) is 84.1 Å². The molecule has 0 atom stereocenters. The number of methoxy groups -OCH3 is 1. The fraction of sp³-hybridized carbons (Fsp3) is 0.219. The number of thiazole rings is 1. The molecule has 2 amide bonds. The Hall–Kier alpha value is -4.48. The lowest BCUT2D eigenvalue weighted by Gasteiger charge is -2.31. The SMILES string of the molecule is COc1ccc(N=C2C(=O)N(c3ccc(N4CCCCC4=O)cc3)CCC2=C(N)C(=O)Sc2nc3ccccc3s2)cc1. The number of anilines is 2. The summed E-state index contributed by atoms with van der Waals surface area (Å²) in [7, 11) is 1.58. The third-order valence-electron chi connectivity index (χ3n) is 7.43. The number of rotatable bonds is 6. The number of hydrogen-bond donors (Lipinski definition) is 1. The van der Waals surface area contributed by atoms with Gasteiger partial charge in [-0.1, -0.05) is 12.1 Å². The molecule has 9 nitrogen and oxygen atoms in total. The molecule has 1 aromatic heterocycles. The lowest BCUT2D eigenvalue weighted by Crippen LogP contribution is -2.44. The normalized spacial score (nSPS) is 17.9. The number of nitrogens with zero attached hydrogens (tertiary/aromatic N) is 4. The van der Waals surface area contributed by atoms with Crippen molar-refractivity contribution in [1.29, 1.82) is 0 Å². The van der Waals surface area contributed by atoms with Gasteiger partial charge in [-0.3, -0.25) is 14.4 Å². The Morgan fingerprint density at radius 2 is 1.65 bits per heavy atom. The van der Waals surface area contributed by atoms with Gasteiger partial charge in [0.1, 0.15) is 11.5 Å². The average molecular weight is 612 g/mol. The van der Waals surface area contributed by atoms with Gasteiger partial charge in [0.15, 0.2) is 4.34 Å². The fourth-order valence-electron chi connectivity index (χ4n) is 5.15.